The smallest absolute Gasteiger partial charge is 0.174 e. The average Bonchev–Trinajstić information content (AvgIpc) is 4.03. The van der Waals surface area contributed by atoms with Gasteiger partial charge in [0.1, 0.15) is 0 Å². The lowest BCUT2D eigenvalue weighted by Gasteiger charge is -2.35. The Hall–Kier alpha value is -0.412. The van der Waals surface area contributed by atoms with E-state index in [4.69, 9.17) is 0 Å². The highest BCUT2D eigenvalue weighted by Crippen LogP contribution is 2.56. The number of rotatable bonds is 26. The molecule has 0 amide bonds. The van der Waals surface area contributed by atoms with Crippen molar-refractivity contribution in [3.63, 3.8) is 0 Å². The first-order valence-corrected chi connectivity index (χ1v) is 43.6. The third-order valence-corrected chi connectivity index (χ3v) is 33.0. The van der Waals surface area contributed by atoms with Gasteiger partial charge in [-0.25, -0.2) is 0 Å². The van der Waals surface area contributed by atoms with E-state index in [0.717, 1.165) is 12.8 Å². The van der Waals surface area contributed by atoms with Crippen LogP contribution in [0.2, 0.25) is 78.6 Å². The first-order valence-electron chi connectivity index (χ1n) is 26.4. The number of thiophene rings is 4. The summed E-state index contributed by atoms with van der Waals surface area (Å²) in [7, 11) is -1.47. The zero-order valence-electron chi connectivity index (χ0n) is 45.3. The number of aliphatic hydroxyl groups is 1. The van der Waals surface area contributed by atoms with Crippen molar-refractivity contribution in [2.75, 3.05) is 14.1 Å². The van der Waals surface area contributed by atoms with Crippen LogP contribution in [0.15, 0.2) is 12.1 Å². The maximum absolute atomic E-state index is 12.8. The maximum atomic E-state index is 12.8. The van der Waals surface area contributed by atoms with Gasteiger partial charge in [0.05, 0.1) is 42.0 Å². The fraction of sp³-hybridized carbons (Fsp3) is 0.709. The molecule has 4 aromatic rings. The molecule has 0 unspecified atom stereocenters. The first-order chi connectivity index (χ1) is 30.4. The molecule has 0 fully saturated rings. The lowest BCUT2D eigenvalue weighted by Crippen LogP contribution is -2.45. The van der Waals surface area contributed by atoms with Gasteiger partial charge in [-0.15, -0.1) is 45.3 Å². The van der Waals surface area contributed by atoms with Crippen molar-refractivity contribution in [2.24, 2.45) is 0 Å². The van der Waals surface area contributed by atoms with Gasteiger partial charge in [-0.3, -0.25) is 4.90 Å². The van der Waals surface area contributed by atoms with Crippen molar-refractivity contribution in [2.45, 2.75) is 240 Å². The van der Waals surface area contributed by atoms with Gasteiger partial charge in [0, 0.05) is 20.9 Å². The molecule has 0 spiro atoms. The Morgan fingerprint density at radius 3 is 0.969 bits per heavy atom. The molecule has 0 aliphatic heterocycles. The van der Waals surface area contributed by atoms with Crippen molar-refractivity contribution in [3.05, 3.63) is 45.5 Å². The Labute approximate surface area is 421 Å². The molecule has 10 heteroatoms. The topological polar surface area (TPSA) is 23.5 Å². The molecule has 368 valence electrons. The van der Waals surface area contributed by atoms with Gasteiger partial charge in [0.2, 0.25) is 0 Å². The lowest BCUT2D eigenvalue weighted by atomic mass is 9.92. The molecule has 4 aromatic heterocycles. The Bertz CT molecular complexity index is 1930. The number of unbranched alkanes of at least 4 members (excludes halogenated alkanes) is 12. The van der Waals surface area contributed by atoms with Crippen LogP contribution in [0.4, 0.5) is 0 Å². The monoisotopic (exact) mass is 1030 g/mol. The van der Waals surface area contributed by atoms with Gasteiger partial charge in [-0.05, 0) is 118 Å². The van der Waals surface area contributed by atoms with Gasteiger partial charge in [-0.2, -0.15) is 0 Å². The van der Waals surface area contributed by atoms with E-state index < -0.39 is 38.0 Å². The van der Waals surface area contributed by atoms with Crippen LogP contribution in [0.25, 0.3) is 19.5 Å². The quantitative estimate of drug-likeness (QED) is 0.0385. The summed E-state index contributed by atoms with van der Waals surface area (Å²) in [4.78, 5) is 8.06. The van der Waals surface area contributed by atoms with Crippen LogP contribution in [0.1, 0.15) is 164 Å². The van der Waals surface area contributed by atoms with Crippen LogP contribution >= 0.6 is 45.3 Å². The molecule has 2 nitrogen and oxygen atoms in total. The van der Waals surface area contributed by atoms with Crippen LogP contribution in [0.3, 0.4) is 0 Å². The van der Waals surface area contributed by atoms with Crippen LogP contribution in [0.5, 0.6) is 0 Å². The van der Waals surface area contributed by atoms with E-state index in [1.165, 1.54) is 148 Å². The first kappa shape index (κ1) is 57.2. The van der Waals surface area contributed by atoms with Crippen LogP contribution in [-0.2, 0) is 31.4 Å². The number of nitrogens with zero attached hydrogens (tertiary/aromatic N) is 1. The van der Waals surface area contributed by atoms with Crippen molar-refractivity contribution in [1.29, 1.82) is 0 Å². The molecule has 0 radical (unpaired) electrons. The number of aryl methyl sites for hydroxylation is 2. The predicted octanol–water partition coefficient (Wildman–Crippen LogP) is 16.7. The van der Waals surface area contributed by atoms with Crippen molar-refractivity contribution >= 4 is 95.6 Å². The minimum Gasteiger partial charge on any atom is -0.367 e. The molecule has 1 N–H and O–H groups in total. The summed E-state index contributed by atoms with van der Waals surface area (Å²) in [5.41, 5.74) is 7.90. The van der Waals surface area contributed by atoms with E-state index in [-0.39, 0.29) is 0 Å². The van der Waals surface area contributed by atoms with E-state index in [1.54, 1.807) is 38.9 Å². The van der Waals surface area contributed by atoms with E-state index in [1.807, 2.05) is 22.7 Å². The van der Waals surface area contributed by atoms with Crippen LogP contribution < -0.4 is 18.0 Å². The standard InChI is InChI=1S/C29H51NOS2Si2.C26H46S2Si2/c1-11-13-15-17-19-21-23-25(32-27(21)34(5,6)7)26-24(29(23,31)30(3)4)22(20-18-16-14-12-2)28(33-26)35(8,9)10;1-9-11-13-15-17-21-19-23(27-25(21)29(3,4)5)24-20-22(18-16-14-12-10-2)26(28-24)30(6,7)8/h31H,11-20H2,1-10H3;19-20H,9-18H2,1-8H3. The summed E-state index contributed by atoms with van der Waals surface area (Å²) in [5, 5.41) is 12.8. The van der Waals surface area contributed by atoms with Crippen molar-refractivity contribution < 1.29 is 5.11 Å². The van der Waals surface area contributed by atoms with E-state index in [0.29, 0.717) is 0 Å². The molecule has 0 bridgehead atoms. The largest absolute Gasteiger partial charge is 0.367 e. The summed E-state index contributed by atoms with van der Waals surface area (Å²) < 4.78 is 6.75. The molecule has 0 saturated carbocycles. The lowest BCUT2D eigenvalue weighted by molar-refractivity contribution is -0.0476. The fourth-order valence-corrected chi connectivity index (χ4v) is 25.2. The fourth-order valence-electron chi connectivity index (χ4n) is 9.93. The Kier molecular flexibility index (Phi) is 21.7. The maximum Gasteiger partial charge on any atom is 0.174 e. The molecule has 65 heavy (non-hydrogen) atoms. The van der Waals surface area contributed by atoms with Crippen LogP contribution in [-0.4, -0.2) is 56.4 Å². The van der Waals surface area contributed by atoms with Gasteiger partial charge in [0.25, 0.3) is 0 Å². The molecule has 0 saturated heterocycles. The second kappa shape index (κ2) is 24.6. The Balaban J connectivity index is 0.000000288. The van der Waals surface area contributed by atoms with Gasteiger partial charge in [-0.1, -0.05) is 183 Å². The highest BCUT2D eigenvalue weighted by atomic mass is 32.1. The van der Waals surface area contributed by atoms with Gasteiger partial charge < -0.3 is 5.11 Å². The van der Waals surface area contributed by atoms with Crippen LogP contribution in [0, 0.1) is 0 Å². The summed E-state index contributed by atoms with van der Waals surface area (Å²) in [6.07, 6.45) is 25.9. The minimum absolute atomic E-state index is 0.992. The summed E-state index contributed by atoms with van der Waals surface area (Å²) in [6.45, 7) is 39.3. The molecule has 1 aliphatic carbocycles. The molecule has 0 atom stereocenters. The molecule has 1 aliphatic rings. The third-order valence-electron chi connectivity index (χ3n) is 13.3. The van der Waals surface area contributed by atoms with Gasteiger partial charge in [0.15, 0.2) is 5.72 Å². The molecule has 0 aromatic carbocycles. The minimum atomic E-state index is -1.53. The summed E-state index contributed by atoms with van der Waals surface area (Å²) >= 11 is 8.37. The normalized spacial score (nSPS) is 14.0. The zero-order valence-corrected chi connectivity index (χ0v) is 52.6. The third kappa shape index (κ3) is 14.4. The van der Waals surface area contributed by atoms with Crippen molar-refractivity contribution in [3.8, 4) is 19.5 Å². The van der Waals surface area contributed by atoms with Crippen molar-refractivity contribution in [1.82, 2.24) is 4.90 Å². The zero-order chi connectivity index (χ0) is 48.5. The Morgan fingerprint density at radius 1 is 0.415 bits per heavy atom. The number of hydrogen-bond acceptors (Lipinski definition) is 6. The molecular formula is C55H97NOS4Si4. The molecule has 4 heterocycles. The number of hydrogen-bond donors (Lipinski definition) is 1. The highest BCUT2D eigenvalue weighted by molar-refractivity contribution is 7.35. The predicted molar refractivity (Wildman–Crippen MR) is 315 cm³/mol. The van der Waals surface area contributed by atoms with E-state index in [2.05, 4.69) is 160 Å². The SMILES string of the molecule is CCCCCCc1c([Si](C)(C)C)sc2c1C(O)(N(C)C)c1c-2sc([Si](C)(C)C)c1CCCCCC.CCCCCCc1cc(-c2cc(CCCCCC)c([Si](C)(C)C)s2)sc1[Si](C)(C)C. The average molecular weight is 1030 g/mol. The number of fused-ring (bicyclic) bond motifs is 3. The summed E-state index contributed by atoms with van der Waals surface area (Å²) in [5.74, 6) is 0. The molecule has 5 rings (SSSR count). The molecular weight excluding hydrogens is 931 g/mol. The second-order valence-electron chi connectivity index (χ2n) is 24.0. The summed E-state index contributed by atoms with van der Waals surface area (Å²) in [6, 6.07) is 5.18. The Morgan fingerprint density at radius 2 is 0.708 bits per heavy atom. The second-order valence-corrected chi connectivity index (χ2v) is 49.6. The highest BCUT2D eigenvalue weighted by Gasteiger charge is 2.52. The van der Waals surface area contributed by atoms with E-state index in [9.17, 15) is 5.11 Å². The van der Waals surface area contributed by atoms with Gasteiger partial charge >= 0.3 is 0 Å². The van der Waals surface area contributed by atoms with E-state index >= 15 is 0 Å².